The van der Waals surface area contributed by atoms with Crippen LogP contribution in [0.15, 0.2) is 16.6 Å². The molecular weight excluding hydrogens is 391 g/mol. The number of ether oxygens (including phenoxy) is 1. The molecule has 1 N–H and O–H groups in total. The quantitative estimate of drug-likeness (QED) is 0.625. The Morgan fingerprint density at radius 2 is 2.25 bits per heavy atom. The van der Waals surface area contributed by atoms with E-state index in [9.17, 15) is 9.59 Å². The lowest BCUT2D eigenvalue weighted by Crippen LogP contribution is -2.23. The summed E-state index contributed by atoms with van der Waals surface area (Å²) in [7, 11) is 0. The van der Waals surface area contributed by atoms with Crippen LogP contribution >= 0.6 is 38.5 Å². The Morgan fingerprint density at radius 3 is 2.75 bits per heavy atom. The second kappa shape index (κ2) is 5.62. The second-order valence-corrected chi connectivity index (χ2v) is 5.10. The van der Waals surface area contributed by atoms with Crippen LogP contribution in [-0.2, 0) is 4.79 Å². The van der Waals surface area contributed by atoms with Crippen LogP contribution in [0.3, 0.4) is 0 Å². The van der Waals surface area contributed by atoms with Crippen LogP contribution in [0.25, 0.3) is 0 Å². The molecule has 0 fully saturated rings. The normalized spacial score (nSPS) is 11.9. The van der Waals surface area contributed by atoms with Gasteiger partial charge < -0.3 is 9.84 Å². The standard InChI is InChI=1S/C10H8BrIO4/c1-5(10(14)15)16-9-6(4-13)2-7(11)3-8(9)12/h2-5H,1H3,(H,14,15). The van der Waals surface area contributed by atoms with E-state index in [0.29, 0.717) is 21.2 Å². The molecule has 1 rings (SSSR count). The molecule has 86 valence electrons. The number of aldehydes is 1. The molecular formula is C10H8BrIO4. The lowest BCUT2D eigenvalue weighted by atomic mass is 10.2. The summed E-state index contributed by atoms with van der Waals surface area (Å²) in [6.07, 6.45) is -0.356. The monoisotopic (exact) mass is 398 g/mol. The smallest absolute Gasteiger partial charge is 0.344 e. The third kappa shape index (κ3) is 3.18. The van der Waals surface area contributed by atoms with Crippen molar-refractivity contribution in [1.29, 1.82) is 0 Å². The summed E-state index contributed by atoms with van der Waals surface area (Å²) >= 11 is 5.23. The van der Waals surface area contributed by atoms with E-state index >= 15 is 0 Å². The lowest BCUT2D eigenvalue weighted by molar-refractivity contribution is -0.144. The van der Waals surface area contributed by atoms with Crippen molar-refractivity contribution in [3.63, 3.8) is 0 Å². The molecule has 0 aliphatic rings. The van der Waals surface area contributed by atoms with E-state index in [4.69, 9.17) is 9.84 Å². The SMILES string of the molecule is CC(Oc1c(I)cc(Br)cc1C=O)C(=O)O. The number of carboxylic acid groups (broad SMARTS) is 1. The topological polar surface area (TPSA) is 63.6 Å². The molecule has 0 saturated heterocycles. The second-order valence-electron chi connectivity index (χ2n) is 3.02. The van der Waals surface area contributed by atoms with Crippen LogP contribution in [0.5, 0.6) is 5.75 Å². The number of hydrogen-bond acceptors (Lipinski definition) is 3. The third-order valence-electron chi connectivity index (χ3n) is 1.81. The van der Waals surface area contributed by atoms with Gasteiger partial charge in [-0.05, 0) is 41.6 Å². The average Bonchev–Trinajstić information content (AvgIpc) is 2.21. The maximum Gasteiger partial charge on any atom is 0.344 e. The number of carbonyl (C=O) groups excluding carboxylic acids is 1. The first-order chi connectivity index (χ1) is 7.45. The summed E-state index contributed by atoms with van der Waals surface area (Å²) in [5, 5.41) is 8.73. The lowest BCUT2D eigenvalue weighted by Gasteiger charge is -2.14. The van der Waals surface area contributed by atoms with Crippen LogP contribution < -0.4 is 4.74 Å². The molecule has 4 nitrogen and oxygen atoms in total. The van der Waals surface area contributed by atoms with Crippen LogP contribution in [0.2, 0.25) is 0 Å². The van der Waals surface area contributed by atoms with Gasteiger partial charge in [0.05, 0.1) is 9.13 Å². The van der Waals surface area contributed by atoms with Gasteiger partial charge in [-0.25, -0.2) is 4.79 Å². The van der Waals surface area contributed by atoms with Gasteiger partial charge in [-0.1, -0.05) is 15.9 Å². The number of carboxylic acids is 1. The zero-order valence-electron chi connectivity index (χ0n) is 8.24. The fraction of sp³-hybridized carbons (Fsp3) is 0.200. The van der Waals surface area contributed by atoms with Gasteiger partial charge in [0.15, 0.2) is 12.4 Å². The zero-order chi connectivity index (χ0) is 12.3. The molecule has 1 atom stereocenters. The van der Waals surface area contributed by atoms with Gasteiger partial charge >= 0.3 is 5.97 Å². The number of rotatable bonds is 4. The molecule has 0 aliphatic heterocycles. The van der Waals surface area contributed by atoms with Crippen molar-refractivity contribution in [1.82, 2.24) is 0 Å². The molecule has 1 aromatic carbocycles. The van der Waals surface area contributed by atoms with Crippen LogP contribution in [0, 0.1) is 3.57 Å². The van der Waals surface area contributed by atoms with Crippen molar-refractivity contribution in [2.75, 3.05) is 0 Å². The molecule has 0 saturated carbocycles. The predicted octanol–water partition coefficient (Wildman–Crippen LogP) is 2.72. The molecule has 6 heteroatoms. The van der Waals surface area contributed by atoms with E-state index in [1.54, 1.807) is 12.1 Å². The van der Waals surface area contributed by atoms with Crippen molar-refractivity contribution in [3.8, 4) is 5.75 Å². The first kappa shape index (κ1) is 13.4. The van der Waals surface area contributed by atoms with Gasteiger partial charge in [-0.15, -0.1) is 0 Å². The van der Waals surface area contributed by atoms with Gasteiger partial charge in [0.1, 0.15) is 5.75 Å². The first-order valence-corrected chi connectivity index (χ1v) is 6.16. The Kier molecular flexibility index (Phi) is 4.72. The van der Waals surface area contributed by atoms with Gasteiger partial charge in [-0.3, -0.25) is 4.79 Å². The van der Waals surface area contributed by atoms with Gasteiger partial charge in [0, 0.05) is 4.47 Å². The van der Waals surface area contributed by atoms with E-state index in [-0.39, 0.29) is 0 Å². The largest absolute Gasteiger partial charge is 0.479 e. The fourth-order valence-corrected chi connectivity index (χ4v) is 2.70. The molecule has 0 amide bonds. The summed E-state index contributed by atoms with van der Waals surface area (Å²) in [5.74, 6) is -0.774. The summed E-state index contributed by atoms with van der Waals surface area (Å²) in [4.78, 5) is 21.5. The van der Waals surface area contributed by atoms with Crippen LogP contribution in [0.1, 0.15) is 17.3 Å². The summed E-state index contributed by atoms with van der Waals surface area (Å²) in [6, 6.07) is 3.33. The van der Waals surface area contributed by atoms with E-state index in [1.165, 1.54) is 6.92 Å². The predicted molar refractivity (Wildman–Crippen MR) is 70.0 cm³/mol. The molecule has 1 aromatic rings. The maximum absolute atomic E-state index is 10.8. The highest BCUT2D eigenvalue weighted by molar-refractivity contribution is 14.1. The van der Waals surface area contributed by atoms with Crippen LogP contribution in [0.4, 0.5) is 0 Å². The summed E-state index contributed by atoms with van der Waals surface area (Å²) in [5.41, 5.74) is 0.326. The van der Waals surface area contributed by atoms with Gasteiger partial charge in [-0.2, -0.15) is 0 Å². The Balaban J connectivity index is 3.12. The first-order valence-electron chi connectivity index (χ1n) is 4.29. The average molecular weight is 399 g/mol. The molecule has 1 unspecified atom stereocenters. The maximum atomic E-state index is 10.8. The Bertz CT molecular complexity index is 433. The van der Waals surface area contributed by atoms with Gasteiger partial charge in [0.25, 0.3) is 0 Å². The van der Waals surface area contributed by atoms with E-state index in [2.05, 4.69) is 15.9 Å². The van der Waals surface area contributed by atoms with Crippen molar-refractivity contribution < 1.29 is 19.4 Å². The van der Waals surface area contributed by atoms with Crippen molar-refractivity contribution in [2.24, 2.45) is 0 Å². The number of aliphatic carboxylic acids is 1. The molecule has 0 bridgehead atoms. The Hall–Kier alpha value is -0.630. The molecule has 0 aromatic heterocycles. The number of halogens is 2. The Morgan fingerprint density at radius 1 is 1.62 bits per heavy atom. The minimum Gasteiger partial charge on any atom is -0.479 e. The highest BCUT2D eigenvalue weighted by Gasteiger charge is 2.17. The molecule has 16 heavy (non-hydrogen) atoms. The molecule has 0 spiro atoms. The van der Waals surface area contributed by atoms with Crippen molar-refractivity contribution in [3.05, 3.63) is 25.7 Å². The minimum atomic E-state index is -1.07. The highest BCUT2D eigenvalue weighted by Crippen LogP contribution is 2.29. The summed E-state index contributed by atoms with van der Waals surface area (Å²) < 4.78 is 6.65. The molecule has 0 radical (unpaired) electrons. The van der Waals surface area contributed by atoms with Gasteiger partial charge in [0.2, 0.25) is 0 Å². The Labute approximate surface area is 114 Å². The minimum absolute atomic E-state index is 0.300. The summed E-state index contributed by atoms with van der Waals surface area (Å²) in [6.45, 7) is 1.41. The molecule has 0 aliphatic carbocycles. The van der Waals surface area contributed by atoms with E-state index in [0.717, 1.165) is 4.47 Å². The fourth-order valence-electron chi connectivity index (χ4n) is 1.02. The third-order valence-corrected chi connectivity index (χ3v) is 3.07. The van der Waals surface area contributed by atoms with E-state index in [1.807, 2.05) is 22.6 Å². The highest BCUT2D eigenvalue weighted by atomic mass is 127. The zero-order valence-corrected chi connectivity index (χ0v) is 12.0. The van der Waals surface area contributed by atoms with Crippen molar-refractivity contribution in [2.45, 2.75) is 13.0 Å². The van der Waals surface area contributed by atoms with E-state index < -0.39 is 12.1 Å². The number of carbonyl (C=O) groups is 2. The molecule has 0 heterocycles. The van der Waals surface area contributed by atoms with Crippen LogP contribution in [-0.4, -0.2) is 23.5 Å². The number of hydrogen-bond donors (Lipinski definition) is 1. The number of benzene rings is 1. The van der Waals surface area contributed by atoms with Crippen molar-refractivity contribution >= 4 is 50.8 Å².